The lowest BCUT2D eigenvalue weighted by molar-refractivity contribution is 0.0690. The van der Waals surface area contributed by atoms with Crippen LogP contribution in [0.1, 0.15) is 28.6 Å². The third-order valence-electron chi connectivity index (χ3n) is 3.67. The van der Waals surface area contributed by atoms with Gasteiger partial charge in [0.25, 0.3) is 0 Å². The van der Waals surface area contributed by atoms with Crippen molar-refractivity contribution >= 4 is 23.4 Å². The normalized spacial score (nSPS) is 20.4. The van der Waals surface area contributed by atoms with Crippen LogP contribution in [0.3, 0.4) is 0 Å². The summed E-state index contributed by atoms with van der Waals surface area (Å²) in [5.74, 6) is -1.14. The largest absolute Gasteiger partial charge is 0.477 e. The number of carboxylic acid groups (broad SMARTS) is 1. The van der Waals surface area contributed by atoms with Crippen molar-refractivity contribution in [2.45, 2.75) is 18.6 Å². The van der Waals surface area contributed by atoms with Crippen molar-refractivity contribution in [2.75, 3.05) is 11.9 Å². The molecule has 5 nitrogen and oxygen atoms in total. The molecule has 1 aromatic carbocycles. The van der Waals surface area contributed by atoms with Crippen LogP contribution in [-0.2, 0) is 4.74 Å². The van der Waals surface area contributed by atoms with Crippen molar-refractivity contribution in [1.29, 1.82) is 0 Å². The molecule has 1 saturated heterocycles. The van der Waals surface area contributed by atoms with E-state index in [-0.39, 0.29) is 22.9 Å². The van der Waals surface area contributed by atoms with Crippen LogP contribution < -0.4 is 5.32 Å². The Labute approximate surface area is 137 Å². The number of hydrogen-bond donors (Lipinski definition) is 2. The highest BCUT2D eigenvalue weighted by atomic mass is 35.5. The van der Waals surface area contributed by atoms with Crippen LogP contribution in [0.4, 0.5) is 10.2 Å². The average Bonchev–Trinajstić information content (AvgIpc) is 2.98. The monoisotopic (exact) mass is 336 g/mol. The highest BCUT2D eigenvalue weighted by Gasteiger charge is 2.30. The fraction of sp³-hybridized carbons (Fsp3) is 0.250. The second-order valence-corrected chi connectivity index (χ2v) is 5.62. The number of rotatable bonds is 4. The second kappa shape index (κ2) is 6.52. The van der Waals surface area contributed by atoms with Gasteiger partial charge in [0, 0.05) is 6.61 Å². The van der Waals surface area contributed by atoms with E-state index in [1.807, 2.05) is 0 Å². The Hall–Kier alpha value is -2.18. The minimum Gasteiger partial charge on any atom is -0.477 e. The average molecular weight is 337 g/mol. The van der Waals surface area contributed by atoms with Gasteiger partial charge in [-0.1, -0.05) is 23.7 Å². The van der Waals surface area contributed by atoms with Gasteiger partial charge in [-0.25, -0.2) is 14.2 Å². The van der Waals surface area contributed by atoms with Crippen molar-refractivity contribution in [3.05, 3.63) is 58.5 Å². The number of nitrogens with one attached hydrogen (secondary N) is 1. The van der Waals surface area contributed by atoms with Gasteiger partial charge in [0.1, 0.15) is 17.7 Å². The summed E-state index contributed by atoms with van der Waals surface area (Å²) in [6, 6.07) is 9.16. The highest BCUT2D eigenvalue weighted by molar-refractivity contribution is 6.30. The zero-order chi connectivity index (χ0) is 16.4. The summed E-state index contributed by atoms with van der Waals surface area (Å²) >= 11 is 5.70. The van der Waals surface area contributed by atoms with Crippen molar-refractivity contribution in [3.8, 4) is 0 Å². The van der Waals surface area contributed by atoms with Gasteiger partial charge in [-0.05, 0) is 36.2 Å². The van der Waals surface area contributed by atoms with E-state index in [0.29, 0.717) is 24.4 Å². The summed E-state index contributed by atoms with van der Waals surface area (Å²) < 4.78 is 19.3. The number of pyridine rings is 1. The molecule has 0 bridgehead atoms. The fourth-order valence-electron chi connectivity index (χ4n) is 2.58. The molecule has 2 heterocycles. The number of halogens is 2. The molecule has 2 unspecified atom stereocenters. The Kier molecular flexibility index (Phi) is 4.45. The molecule has 0 amide bonds. The third kappa shape index (κ3) is 3.43. The van der Waals surface area contributed by atoms with Crippen LogP contribution in [0.2, 0.25) is 5.02 Å². The van der Waals surface area contributed by atoms with E-state index in [1.54, 1.807) is 18.2 Å². The van der Waals surface area contributed by atoms with Crippen LogP contribution in [0.15, 0.2) is 36.4 Å². The van der Waals surface area contributed by atoms with Crippen LogP contribution in [0, 0.1) is 5.82 Å². The first-order chi connectivity index (χ1) is 11.0. The minimum absolute atomic E-state index is 0.0389. The van der Waals surface area contributed by atoms with Crippen molar-refractivity contribution < 1.29 is 19.0 Å². The lowest BCUT2D eigenvalue weighted by Crippen LogP contribution is -2.24. The minimum atomic E-state index is -1.09. The molecule has 1 aromatic heterocycles. The first-order valence-electron chi connectivity index (χ1n) is 7.08. The number of aromatic carboxylic acids is 1. The molecule has 1 aliphatic rings. The topological polar surface area (TPSA) is 71.5 Å². The number of nitrogens with zero attached hydrogens (tertiary/aromatic N) is 1. The molecule has 120 valence electrons. The number of ether oxygens (including phenoxy) is 1. The molecule has 2 N–H and O–H groups in total. The van der Waals surface area contributed by atoms with Gasteiger partial charge >= 0.3 is 5.97 Å². The van der Waals surface area contributed by atoms with E-state index in [4.69, 9.17) is 21.4 Å². The van der Waals surface area contributed by atoms with Crippen LogP contribution >= 0.6 is 11.6 Å². The molecule has 1 aliphatic heterocycles. The predicted octanol–water partition coefficient (Wildman–Crippen LogP) is 3.51. The number of aromatic nitrogens is 1. The van der Waals surface area contributed by atoms with Gasteiger partial charge in [0.15, 0.2) is 5.69 Å². The van der Waals surface area contributed by atoms with Gasteiger partial charge in [-0.2, -0.15) is 0 Å². The maximum absolute atomic E-state index is 13.6. The Morgan fingerprint density at radius 3 is 2.96 bits per heavy atom. The van der Waals surface area contributed by atoms with Gasteiger partial charge < -0.3 is 15.2 Å². The van der Waals surface area contributed by atoms with Gasteiger partial charge in [0.05, 0.1) is 11.1 Å². The smallest absolute Gasteiger partial charge is 0.354 e. The summed E-state index contributed by atoms with van der Waals surface area (Å²) in [6.07, 6.45) is 0.352. The summed E-state index contributed by atoms with van der Waals surface area (Å²) in [5.41, 5.74) is 0.638. The standard InChI is InChI=1S/C16H14ClFN2O3/c17-10-5-4-9(8-11(10)18)15-12(6-7-23-15)19-14-3-1-2-13(20-14)16(21)22/h1-5,8,12,15H,6-7H2,(H,19,20)(H,21,22). The molecule has 0 saturated carbocycles. The molecule has 23 heavy (non-hydrogen) atoms. The van der Waals surface area contributed by atoms with E-state index in [1.165, 1.54) is 18.2 Å². The summed E-state index contributed by atoms with van der Waals surface area (Å²) in [4.78, 5) is 15.0. The first kappa shape index (κ1) is 15.7. The molecule has 1 fully saturated rings. The van der Waals surface area contributed by atoms with Gasteiger partial charge in [-0.15, -0.1) is 0 Å². The van der Waals surface area contributed by atoms with Gasteiger partial charge in [-0.3, -0.25) is 0 Å². The van der Waals surface area contributed by atoms with E-state index in [0.717, 1.165) is 0 Å². The molecule has 2 aromatic rings. The molecule has 3 rings (SSSR count). The van der Waals surface area contributed by atoms with Crippen LogP contribution in [0.5, 0.6) is 0 Å². The van der Waals surface area contributed by atoms with Crippen LogP contribution in [-0.4, -0.2) is 28.7 Å². The molecule has 2 atom stereocenters. The molecule has 0 aliphatic carbocycles. The molecule has 0 spiro atoms. The predicted molar refractivity (Wildman–Crippen MR) is 83.3 cm³/mol. The molecular weight excluding hydrogens is 323 g/mol. The van der Waals surface area contributed by atoms with E-state index in [2.05, 4.69) is 10.3 Å². The molecule has 7 heteroatoms. The lowest BCUT2D eigenvalue weighted by Gasteiger charge is -2.21. The Bertz CT molecular complexity index is 741. The number of carboxylic acids is 1. The maximum atomic E-state index is 13.6. The number of anilines is 1. The third-order valence-corrected chi connectivity index (χ3v) is 3.97. The maximum Gasteiger partial charge on any atom is 0.354 e. The summed E-state index contributed by atoms with van der Waals surface area (Å²) in [5, 5.41) is 12.2. The quantitative estimate of drug-likeness (QED) is 0.894. The second-order valence-electron chi connectivity index (χ2n) is 5.22. The lowest BCUT2D eigenvalue weighted by atomic mass is 10.0. The first-order valence-corrected chi connectivity index (χ1v) is 7.46. The van der Waals surface area contributed by atoms with Crippen molar-refractivity contribution in [1.82, 2.24) is 4.98 Å². The Balaban J connectivity index is 1.80. The zero-order valence-corrected chi connectivity index (χ0v) is 12.8. The summed E-state index contributed by atoms with van der Waals surface area (Å²) in [7, 11) is 0. The highest BCUT2D eigenvalue weighted by Crippen LogP contribution is 2.32. The van der Waals surface area contributed by atoms with E-state index in [9.17, 15) is 9.18 Å². The zero-order valence-electron chi connectivity index (χ0n) is 12.0. The summed E-state index contributed by atoms with van der Waals surface area (Å²) in [6.45, 7) is 0.519. The number of benzene rings is 1. The number of carbonyl (C=O) groups is 1. The van der Waals surface area contributed by atoms with Crippen molar-refractivity contribution in [2.24, 2.45) is 0 Å². The SMILES string of the molecule is O=C(O)c1cccc(NC2CCOC2c2ccc(Cl)c(F)c2)n1. The van der Waals surface area contributed by atoms with E-state index >= 15 is 0 Å². The number of hydrogen-bond acceptors (Lipinski definition) is 4. The Morgan fingerprint density at radius 2 is 2.22 bits per heavy atom. The van der Waals surface area contributed by atoms with Crippen LogP contribution in [0.25, 0.3) is 0 Å². The Morgan fingerprint density at radius 1 is 1.39 bits per heavy atom. The fourth-order valence-corrected chi connectivity index (χ4v) is 2.70. The molecular formula is C16H14ClFN2O3. The van der Waals surface area contributed by atoms with E-state index < -0.39 is 11.8 Å². The van der Waals surface area contributed by atoms with Gasteiger partial charge in [0.2, 0.25) is 0 Å². The molecule has 0 radical (unpaired) electrons. The van der Waals surface area contributed by atoms with Crippen molar-refractivity contribution in [3.63, 3.8) is 0 Å².